The molecule has 0 saturated carbocycles. The van der Waals surface area contributed by atoms with Gasteiger partial charge in [0.25, 0.3) is 0 Å². The second-order valence-electron chi connectivity index (χ2n) is 6.96. The van der Waals surface area contributed by atoms with Gasteiger partial charge in [-0.1, -0.05) is 13.8 Å². The SMILES string of the molecule is Cc1cc(N(C)CC2CCN(CC(C)C)C2)c2nncn2n1. The van der Waals surface area contributed by atoms with E-state index in [1.165, 1.54) is 26.1 Å². The molecule has 0 aromatic carbocycles. The Morgan fingerprint density at radius 2 is 2.23 bits per heavy atom. The Hall–Kier alpha value is -1.69. The van der Waals surface area contributed by atoms with Crippen LogP contribution in [0.25, 0.3) is 5.65 Å². The van der Waals surface area contributed by atoms with Crippen LogP contribution in [0, 0.1) is 18.8 Å². The lowest BCUT2D eigenvalue weighted by Gasteiger charge is -2.24. The molecule has 1 fully saturated rings. The number of rotatable bonds is 5. The molecule has 22 heavy (non-hydrogen) atoms. The Kier molecular flexibility index (Phi) is 4.29. The zero-order valence-electron chi connectivity index (χ0n) is 14.0. The minimum Gasteiger partial charge on any atom is -0.371 e. The van der Waals surface area contributed by atoms with Gasteiger partial charge in [0, 0.05) is 26.7 Å². The van der Waals surface area contributed by atoms with E-state index < -0.39 is 0 Å². The van der Waals surface area contributed by atoms with Crippen LogP contribution in [-0.2, 0) is 0 Å². The third-order valence-electron chi connectivity index (χ3n) is 4.31. The van der Waals surface area contributed by atoms with E-state index in [1.54, 1.807) is 10.8 Å². The van der Waals surface area contributed by atoms with E-state index in [4.69, 9.17) is 0 Å². The van der Waals surface area contributed by atoms with Crippen molar-refractivity contribution in [1.29, 1.82) is 0 Å². The topological polar surface area (TPSA) is 49.6 Å². The van der Waals surface area contributed by atoms with Crippen molar-refractivity contribution in [1.82, 2.24) is 24.7 Å². The van der Waals surface area contributed by atoms with Gasteiger partial charge in [-0.2, -0.15) is 9.61 Å². The molecule has 2 aromatic rings. The van der Waals surface area contributed by atoms with Crippen LogP contribution in [0.3, 0.4) is 0 Å². The van der Waals surface area contributed by atoms with Gasteiger partial charge in [0.1, 0.15) is 6.33 Å². The second kappa shape index (κ2) is 6.20. The second-order valence-corrected chi connectivity index (χ2v) is 6.96. The first kappa shape index (κ1) is 15.2. The first-order valence-corrected chi connectivity index (χ1v) is 8.14. The average Bonchev–Trinajstić information content (AvgIpc) is 3.06. The van der Waals surface area contributed by atoms with Crippen molar-refractivity contribution < 1.29 is 0 Å². The largest absolute Gasteiger partial charge is 0.371 e. The maximum Gasteiger partial charge on any atom is 0.200 e. The fourth-order valence-corrected chi connectivity index (χ4v) is 3.44. The zero-order chi connectivity index (χ0) is 15.7. The molecule has 1 atom stereocenters. The molecule has 0 bridgehead atoms. The number of aromatic nitrogens is 4. The van der Waals surface area contributed by atoms with E-state index in [2.05, 4.69) is 52.1 Å². The van der Waals surface area contributed by atoms with Crippen LogP contribution in [0.2, 0.25) is 0 Å². The molecule has 1 aliphatic heterocycles. The van der Waals surface area contributed by atoms with Crippen LogP contribution in [0.5, 0.6) is 0 Å². The van der Waals surface area contributed by atoms with E-state index in [0.717, 1.165) is 35.4 Å². The summed E-state index contributed by atoms with van der Waals surface area (Å²) >= 11 is 0. The van der Waals surface area contributed by atoms with E-state index in [1.807, 2.05) is 6.92 Å². The molecule has 2 aromatic heterocycles. The molecular formula is C16H26N6. The summed E-state index contributed by atoms with van der Waals surface area (Å²) in [4.78, 5) is 4.90. The third kappa shape index (κ3) is 3.21. The van der Waals surface area contributed by atoms with Crippen molar-refractivity contribution in [2.75, 3.05) is 38.1 Å². The molecule has 0 N–H and O–H groups in total. The zero-order valence-corrected chi connectivity index (χ0v) is 14.0. The van der Waals surface area contributed by atoms with Gasteiger partial charge in [-0.05, 0) is 37.8 Å². The van der Waals surface area contributed by atoms with Crippen LogP contribution in [-0.4, -0.2) is 57.9 Å². The van der Waals surface area contributed by atoms with Crippen molar-refractivity contribution in [2.45, 2.75) is 27.2 Å². The average molecular weight is 302 g/mol. The normalized spacial score (nSPS) is 19.4. The lowest BCUT2D eigenvalue weighted by Crippen LogP contribution is -2.30. The van der Waals surface area contributed by atoms with Crippen molar-refractivity contribution in [3.63, 3.8) is 0 Å². The lowest BCUT2D eigenvalue weighted by molar-refractivity contribution is 0.288. The highest BCUT2D eigenvalue weighted by atomic mass is 15.4. The van der Waals surface area contributed by atoms with E-state index in [9.17, 15) is 0 Å². The number of hydrogen-bond donors (Lipinski definition) is 0. The molecule has 3 rings (SSSR count). The van der Waals surface area contributed by atoms with Crippen LogP contribution in [0.1, 0.15) is 26.0 Å². The van der Waals surface area contributed by atoms with Gasteiger partial charge in [0.05, 0.1) is 11.4 Å². The quantitative estimate of drug-likeness (QED) is 0.843. The minimum atomic E-state index is 0.722. The highest BCUT2D eigenvalue weighted by molar-refractivity contribution is 5.67. The van der Waals surface area contributed by atoms with Gasteiger partial charge in [0.2, 0.25) is 5.65 Å². The molecule has 3 heterocycles. The first-order chi connectivity index (χ1) is 10.5. The number of fused-ring (bicyclic) bond motifs is 1. The Balaban J connectivity index is 1.69. The Morgan fingerprint density at radius 3 is 3.00 bits per heavy atom. The highest BCUT2D eigenvalue weighted by Gasteiger charge is 2.24. The number of aryl methyl sites for hydroxylation is 1. The van der Waals surface area contributed by atoms with Gasteiger partial charge in [0.15, 0.2) is 0 Å². The number of likely N-dealkylation sites (tertiary alicyclic amines) is 1. The standard InChI is InChI=1S/C16H26N6/c1-12(2)8-21-6-5-14(10-21)9-20(4)15-7-13(3)19-22-11-17-18-16(15)22/h7,11-12,14H,5-6,8-10H2,1-4H3. The summed E-state index contributed by atoms with van der Waals surface area (Å²) in [5.74, 6) is 1.47. The van der Waals surface area contributed by atoms with Crippen molar-refractivity contribution >= 4 is 11.3 Å². The fraction of sp³-hybridized carbons (Fsp3) is 0.688. The molecular weight excluding hydrogens is 276 g/mol. The van der Waals surface area contributed by atoms with Gasteiger partial charge < -0.3 is 9.80 Å². The molecule has 1 unspecified atom stereocenters. The molecule has 6 nitrogen and oxygen atoms in total. The predicted octanol–water partition coefficient (Wildman–Crippen LogP) is 1.85. The van der Waals surface area contributed by atoms with Gasteiger partial charge in [-0.25, -0.2) is 0 Å². The van der Waals surface area contributed by atoms with Crippen LogP contribution < -0.4 is 4.90 Å². The Labute approximate surface area is 132 Å². The molecule has 120 valence electrons. The van der Waals surface area contributed by atoms with Crippen molar-refractivity contribution in [3.05, 3.63) is 18.1 Å². The first-order valence-electron chi connectivity index (χ1n) is 8.14. The molecule has 1 aliphatic rings. The molecule has 6 heteroatoms. The predicted molar refractivity (Wildman–Crippen MR) is 88.2 cm³/mol. The monoisotopic (exact) mass is 302 g/mol. The maximum atomic E-state index is 4.41. The fourth-order valence-electron chi connectivity index (χ4n) is 3.44. The summed E-state index contributed by atoms with van der Waals surface area (Å²) in [5, 5.41) is 12.6. The number of anilines is 1. The van der Waals surface area contributed by atoms with Gasteiger partial charge >= 0.3 is 0 Å². The molecule has 0 radical (unpaired) electrons. The van der Waals surface area contributed by atoms with Gasteiger partial charge in [-0.3, -0.25) is 0 Å². The molecule has 1 saturated heterocycles. The van der Waals surface area contributed by atoms with Crippen LogP contribution in [0.4, 0.5) is 5.69 Å². The minimum absolute atomic E-state index is 0.722. The highest BCUT2D eigenvalue weighted by Crippen LogP contribution is 2.23. The number of nitrogens with zero attached hydrogens (tertiary/aromatic N) is 6. The summed E-state index contributed by atoms with van der Waals surface area (Å²) < 4.78 is 1.76. The Morgan fingerprint density at radius 1 is 1.41 bits per heavy atom. The van der Waals surface area contributed by atoms with Crippen LogP contribution >= 0.6 is 0 Å². The van der Waals surface area contributed by atoms with E-state index >= 15 is 0 Å². The molecule has 0 spiro atoms. The third-order valence-corrected chi connectivity index (χ3v) is 4.31. The summed E-state index contributed by atoms with van der Waals surface area (Å²) in [6.07, 6.45) is 2.95. The van der Waals surface area contributed by atoms with Crippen LogP contribution in [0.15, 0.2) is 12.4 Å². The summed E-state index contributed by atoms with van der Waals surface area (Å²) in [5.41, 5.74) is 2.94. The Bertz CT molecular complexity index is 635. The van der Waals surface area contributed by atoms with E-state index in [-0.39, 0.29) is 0 Å². The maximum absolute atomic E-state index is 4.41. The lowest BCUT2D eigenvalue weighted by atomic mass is 10.1. The molecule has 0 amide bonds. The smallest absolute Gasteiger partial charge is 0.200 e. The summed E-state index contributed by atoms with van der Waals surface area (Å²) in [6, 6.07) is 2.10. The van der Waals surface area contributed by atoms with Crippen molar-refractivity contribution in [3.8, 4) is 0 Å². The molecule has 0 aliphatic carbocycles. The summed E-state index contributed by atoms with van der Waals surface area (Å²) in [7, 11) is 2.15. The van der Waals surface area contributed by atoms with Gasteiger partial charge in [-0.15, -0.1) is 10.2 Å². The number of hydrogen-bond acceptors (Lipinski definition) is 5. The van der Waals surface area contributed by atoms with Crippen molar-refractivity contribution in [2.24, 2.45) is 11.8 Å². The summed E-state index contributed by atoms with van der Waals surface area (Å²) in [6.45, 7) is 11.3. The van der Waals surface area contributed by atoms with E-state index in [0.29, 0.717) is 0 Å².